The van der Waals surface area contributed by atoms with E-state index in [9.17, 15) is 9.59 Å². The maximum Gasteiger partial charge on any atom is 0.225 e. The van der Waals surface area contributed by atoms with E-state index in [1.807, 2.05) is 18.7 Å². The zero-order chi connectivity index (χ0) is 15.4. The molecule has 0 aromatic carbocycles. The number of hydrogen-bond donors (Lipinski definition) is 2. The van der Waals surface area contributed by atoms with Crippen molar-refractivity contribution in [3.05, 3.63) is 0 Å². The lowest BCUT2D eigenvalue weighted by molar-refractivity contribution is -0.138. The summed E-state index contributed by atoms with van der Waals surface area (Å²) in [5.74, 6) is 0.528. The fraction of sp³-hybridized carbons (Fsp3) is 0.875. The summed E-state index contributed by atoms with van der Waals surface area (Å²) in [7, 11) is 0. The summed E-state index contributed by atoms with van der Waals surface area (Å²) in [6.45, 7) is 5.32. The van der Waals surface area contributed by atoms with E-state index in [0.717, 1.165) is 51.6 Å². The average Bonchev–Trinajstić information content (AvgIpc) is 2.47. The van der Waals surface area contributed by atoms with Crippen LogP contribution in [0.25, 0.3) is 0 Å². The number of nitrogens with one attached hydrogen (secondary N) is 1. The van der Waals surface area contributed by atoms with Gasteiger partial charge < -0.3 is 16.0 Å². The van der Waals surface area contributed by atoms with Gasteiger partial charge in [0.05, 0.1) is 0 Å². The first-order valence-corrected chi connectivity index (χ1v) is 8.32. The minimum Gasteiger partial charge on any atom is -0.353 e. The number of hydrogen-bond acceptors (Lipinski definition) is 3. The van der Waals surface area contributed by atoms with Gasteiger partial charge in [-0.3, -0.25) is 9.59 Å². The van der Waals surface area contributed by atoms with Crippen LogP contribution < -0.4 is 11.1 Å². The minimum absolute atomic E-state index is 0. The van der Waals surface area contributed by atoms with E-state index in [1.165, 1.54) is 0 Å². The second-order valence-corrected chi connectivity index (χ2v) is 6.89. The molecule has 2 atom stereocenters. The fourth-order valence-corrected chi connectivity index (χ4v) is 3.32. The fourth-order valence-electron chi connectivity index (χ4n) is 3.32. The Balaban J connectivity index is 0.00000242. The van der Waals surface area contributed by atoms with Gasteiger partial charge in [0, 0.05) is 37.0 Å². The Morgan fingerprint density at radius 2 is 1.77 bits per heavy atom. The van der Waals surface area contributed by atoms with Gasteiger partial charge in [0.25, 0.3) is 0 Å². The number of rotatable bonds is 3. The Morgan fingerprint density at radius 1 is 1.14 bits per heavy atom. The zero-order valence-electron chi connectivity index (χ0n) is 13.7. The number of amides is 2. The first kappa shape index (κ1) is 19.2. The highest BCUT2D eigenvalue weighted by atomic mass is 35.5. The molecule has 0 aromatic heterocycles. The summed E-state index contributed by atoms with van der Waals surface area (Å²) in [6, 6.07) is 0.410. The van der Waals surface area contributed by atoms with E-state index < -0.39 is 0 Å². The predicted octanol–water partition coefficient (Wildman–Crippen LogP) is 1.69. The zero-order valence-corrected chi connectivity index (χ0v) is 14.5. The largest absolute Gasteiger partial charge is 0.353 e. The maximum atomic E-state index is 12.5. The van der Waals surface area contributed by atoms with Crippen molar-refractivity contribution < 1.29 is 9.59 Å². The molecule has 22 heavy (non-hydrogen) atoms. The molecule has 2 unspecified atom stereocenters. The predicted molar refractivity (Wildman–Crippen MR) is 89.8 cm³/mol. The molecule has 2 amide bonds. The van der Waals surface area contributed by atoms with Gasteiger partial charge in [-0.05, 0) is 32.1 Å². The molecule has 1 aliphatic carbocycles. The van der Waals surface area contributed by atoms with E-state index in [4.69, 9.17) is 5.73 Å². The summed E-state index contributed by atoms with van der Waals surface area (Å²) >= 11 is 0. The lowest BCUT2D eigenvalue weighted by Crippen LogP contribution is -2.49. The highest BCUT2D eigenvalue weighted by Gasteiger charge is 2.31. The van der Waals surface area contributed by atoms with Crippen molar-refractivity contribution in [3.63, 3.8) is 0 Å². The van der Waals surface area contributed by atoms with Crippen molar-refractivity contribution in [2.45, 2.75) is 64.5 Å². The molecule has 6 heteroatoms. The Kier molecular flexibility index (Phi) is 7.63. The van der Waals surface area contributed by atoms with Crippen LogP contribution in [0.3, 0.4) is 0 Å². The SMILES string of the molecule is CC(C)C(=O)NC1CCN(C(=O)C2CCCC(N)C2)CC1.Cl. The van der Waals surface area contributed by atoms with Crippen molar-refractivity contribution in [3.8, 4) is 0 Å². The summed E-state index contributed by atoms with van der Waals surface area (Å²) < 4.78 is 0. The molecule has 0 bridgehead atoms. The van der Waals surface area contributed by atoms with E-state index in [-0.39, 0.29) is 48.1 Å². The molecule has 128 valence electrons. The summed E-state index contributed by atoms with van der Waals surface area (Å²) in [4.78, 5) is 26.2. The molecule has 1 heterocycles. The van der Waals surface area contributed by atoms with E-state index in [0.29, 0.717) is 0 Å². The van der Waals surface area contributed by atoms with Gasteiger partial charge in [0.2, 0.25) is 11.8 Å². The number of piperidine rings is 1. The maximum absolute atomic E-state index is 12.5. The quantitative estimate of drug-likeness (QED) is 0.826. The second-order valence-electron chi connectivity index (χ2n) is 6.89. The lowest BCUT2D eigenvalue weighted by Gasteiger charge is -2.36. The van der Waals surface area contributed by atoms with Gasteiger partial charge in [-0.2, -0.15) is 0 Å². The van der Waals surface area contributed by atoms with Gasteiger partial charge in [-0.25, -0.2) is 0 Å². The normalized spacial score (nSPS) is 26.5. The minimum atomic E-state index is 0. The summed E-state index contributed by atoms with van der Waals surface area (Å²) in [5.41, 5.74) is 5.98. The number of carbonyl (C=O) groups is 2. The first-order chi connectivity index (χ1) is 9.97. The molecule has 0 spiro atoms. The molecule has 0 radical (unpaired) electrons. The van der Waals surface area contributed by atoms with Gasteiger partial charge in [0.15, 0.2) is 0 Å². The van der Waals surface area contributed by atoms with Crippen LogP contribution in [-0.2, 0) is 9.59 Å². The van der Waals surface area contributed by atoms with Crippen LogP contribution in [0, 0.1) is 11.8 Å². The highest BCUT2D eigenvalue weighted by molar-refractivity contribution is 5.85. The van der Waals surface area contributed by atoms with Gasteiger partial charge in [-0.15, -0.1) is 12.4 Å². The standard InChI is InChI=1S/C16H29N3O2.ClH/c1-11(2)15(20)18-14-6-8-19(9-7-14)16(21)12-4-3-5-13(17)10-12;/h11-14H,3-10,17H2,1-2H3,(H,18,20);1H. The third kappa shape index (κ3) is 5.13. The topological polar surface area (TPSA) is 75.4 Å². The van der Waals surface area contributed by atoms with E-state index in [2.05, 4.69) is 5.32 Å². The second kappa shape index (κ2) is 8.73. The van der Waals surface area contributed by atoms with Gasteiger partial charge in [-0.1, -0.05) is 20.3 Å². The van der Waals surface area contributed by atoms with Crippen molar-refractivity contribution in [2.75, 3.05) is 13.1 Å². The molecule has 5 nitrogen and oxygen atoms in total. The lowest BCUT2D eigenvalue weighted by atomic mass is 9.85. The smallest absolute Gasteiger partial charge is 0.225 e. The third-order valence-electron chi connectivity index (χ3n) is 4.74. The van der Waals surface area contributed by atoms with Crippen molar-refractivity contribution >= 4 is 24.2 Å². The van der Waals surface area contributed by atoms with Crippen LogP contribution >= 0.6 is 12.4 Å². The molecule has 3 N–H and O–H groups in total. The molecule has 0 aromatic rings. The van der Waals surface area contributed by atoms with Crippen LogP contribution in [0.5, 0.6) is 0 Å². The molecule has 1 saturated carbocycles. The number of likely N-dealkylation sites (tertiary alicyclic amines) is 1. The highest BCUT2D eigenvalue weighted by Crippen LogP contribution is 2.26. The number of nitrogens with two attached hydrogens (primary N) is 1. The Hall–Kier alpha value is -0.810. The van der Waals surface area contributed by atoms with E-state index >= 15 is 0 Å². The Bertz CT molecular complexity index is 382. The molecule has 2 rings (SSSR count). The van der Waals surface area contributed by atoms with Crippen molar-refractivity contribution in [1.29, 1.82) is 0 Å². The molecule has 1 saturated heterocycles. The van der Waals surface area contributed by atoms with Crippen LogP contribution in [0.1, 0.15) is 52.4 Å². The third-order valence-corrected chi connectivity index (χ3v) is 4.74. The molecule has 2 fully saturated rings. The summed E-state index contributed by atoms with van der Waals surface area (Å²) in [6.07, 6.45) is 5.66. The molecule has 2 aliphatic rings. The summed E-state index contributed by atoms with van der Waals surface area (Å²) in [5, 5.41) is 3.07. The number of carbonyl (C=O) groups excluding carboxylic acids is 2. The van der Waals surface area contributed by atoms with Gasteiger partial charge in [0.1, 0.15) is 0 Å². The van der Waals surface area contributed by atoms with E-state index in [1.54, 1.807) is 0 Å². The number of halogens is 1. The average molecular weight is 332 g/mol. The molecular formula is C16H30ClN3O2. The monoisotopic (exact) mass is 331 g/mol. The first-order valence-electron chi connectivity index (χ1n) is 8.32. The van der Waals surface area contributed by atoms with Crippen molar-refractivity contribution in [1.82, 2.24) is 10.2 Å². The van der Waals surface area contributed by atoms with Crippen LogP contribution in [0.2, 0.25) is 0 Å². The van der Waals surface area contributed by atoms with Crippen LogP contribution in [-0.4, -0.2) is 41.9 Å². The molecule has 1 aliphatic heterocycles. The Labute approximate surface area is 139 Å². The van der Waals surface area contributed by atoms with Crippen LogP contribution in [0.15, 0.2) is 0 Å². The Morgan fingerprint density at radius 3 is 2.32 bits per heavy atom. The van der Waals surface area contributed by atoms with Crippen LogP contribution in [0.4, 0.5) is 0 Å². The number of nitrogens with zero attached hydrogens (tertiary/aromatic N) is 1. The molecular weight excluding hydrogens is 302 g/mol. The van der Waals surface area contributed by atoms with Crippen molar-refractivity contribution in [2.24, 2.45) is 17.6 Å². The van der Waals surface area contributed by atoms with Gasteiger partial charge >= 0.3 is 0 Å².